The lowest BCUT2D eigenvalue weighted by molar-refractivity contribution is 0.483. The van der Waals surface area contributed by atoms with E-state index in [0.717, 1.165) is 17.0 Å². The third-order valence-corrected chi connectivity index (χ3v) is 5.62. The highest BCUT2D eigenvalue weighted by Crippen LogP contribution is 2.28. The molecule has 0 aliphatic rings. The molecule has 2 nitrogen and oxygen atoms in total. The number of nitrogens with zero attached hydrogens (tertiary/aromatic N) is 1. The molecule has 0 saturated heterocycles. The molecule has 30 heavy (non-hydrogen) atoms. The molecule has 0 atom stereocenters. The van der Waals surface area contributed by atoms with E-state index in [0.29, 0.717) is 10.8 Å². The summed E-state index contributed by atoms with van der Waals surface area (Å²) in [5.74, 6) is 1.45. The van der Waals surface area contributed by atoms with Crippen molar-refractivity contribution in [3.63, 3.8) is 0 Å². The number of hydrogen-bond acceptors (Lipinski definition) is 3. The second-order valence-electron chi connectivity index (χ2n) is 6.80. The maximum atomic E-state index is 5.99. The van der Waals surface area contributed by atoms with Gasteiger partial charge in [0.1, 0.15) is 11.5 Å². The van der Waals surface area contributed by atoms with Gasteiger partial charge >= 0.3 is 0 Å². The highest BCUT2D eigenvalue weighted by molar-refractivity contribution is 7.99. The molecule has 0 N–H and O–H groups in total. The molecule has 148 valence electrons. The van der Waals surface area contributed by atoms with Crippen LogP contribution in [0, 0.1) is 6.92 Å². The van der Waals surface area contributed by atoms with Gasteiger partial charge in [0.25, 0.3) is 0 Å². The monoisotopic (exact) mass is 429 g/mol. The van der Waals surface area contributed by atoms with Crippen LogP contribution in [0.3, 0.4) is 0 Å². The van der Waals surface area contributed by atoms with Gasteiger partial charge in [0.2, 0.25) is 0 Å². The third kappa shape index (κ3) is 5.76. The summed E-state index contributed by atoms with van der Waals surface area (Å²) >= 11 is 7.75. The highest BCUT2D eigenvalue weighted by atomic mass is 35.5. The number of aryl methyl sites for hydroxylation is 1. The minimum absolute atomic E-state index is 0.650. The first-order valence-electron chi connectivity index (χ1n) is 9.56. The van der Waals surface area contributed by atoms with Crippen molar-refractivity contribution in [2.45, 2.75) is 16.7 Å². The van der Waals surface area contributed by atoms with Gasteiger partial charge < -0.3 is 4.74 Å². The number of benzene rings is 4. The number of aliphatic imine (C=N–C) groups is 1. The van der Waals surface area contributed by atoms with Crippen LogP contribution in [-0.2, 0) is 0 Å². The molecule has 0 aromatic heterocycles. The Labute approximate surface area is 186 Å². The normalized spacial score (nSPS) is 11.0. The molecule has 4 rings (SSSR count). The van der Waals surface area contributed by atoms with Gasteiger partial charge in [-0.3, -0.25) is 4.99 Å². The molecule has 0 amide bonds. The summed E-state index contributed by atoms with van der Waals surface area (Å²) in [7, 11) is 0. The van der Waals surface area contributed by atoms with E-state index in [4.69, 9.17) is 16.3 Å². The molecular formula is C26H20ClNOS. The van der Waals surface area contributed by atoms with Gasteiger partial charge in [0, 0.05) is 21.0 Å². The zero-order valence-electron chi connectivity index (χ0n) is 16.5. The lowest BCUT2D eigenvalue weighted by Gasteiger charge is -2.06. The molecule has 0 aliphatic carbocycles. The van der Waals surface area contributed by atoms with Crippen LogP contribution in [0.25, 0.3) is 0 Å². The van der Waals surface area contributed by atoms with Crippen LogP contribution >= 0.6 is 23.4 Å². The topological polar surface area (TPSA) is 21.6 Å². The summed E-state index contributed by atoms with van der Waals surface area (Å²) < 4.78 is 5.81. The van der Waals surface area contributed by atoms with Crippen molar-refractivity contribution in [3.05, 3.63) is 113 Å². The van der Waals surface area contributed by atoms with E-state index in [1.165, 1.54) is 15.4 Å². The maximum absolute atomic E-state index is 5.99. The molecule has 0 fully saturated rings. The van der Waals surface area contributed by atoms with Crippen LogP contribution in [0.1, 0.15) is 11.1 Å². The van der Waals surface area contributed by atoms with Crippen molar-refractivity contribution in [1.29, 1.82) is 0 Å². The van der Waals surface area contributed by atoms with Crippen LogP contribution in [-0.4, -0.2) is 6.21 Å². The Morgan fingerprint density at radius 2 is 1.43 bits per heavy atom. The largest absolute Gasteiger partial charge is 0.457 e. The van der Waals surface area contributed by atoms with Gasteiger partial charge in [-0.15, -0.1) is 0 Å². The minimum Gasteiger partial charge on any atom is -0.457 e. The average molecular weight is 430 g/mol. The molecule has 0 bridgehead atoms. The van der Waals surface area contributed by atoms with Crippen LogP contribution in [0.5, 0.6) is 11.5 Å². The predicted molar refractivity (Wildman–Crippen MR) is 127 cm³/mol. The summed E-state index contributed by atoms with van der Waals surface area (Å²) in [6.45, 7) is 2.10. The number of hydrogen-bond donors (Lipinski definition) is 0. The van der Waals surface area contributed by atoms with E-state index in [1.807, 2.05) is 48.7 Å². The summed E-state index contributed by atoms with van der Waals surface area (Å²) in [4.78, 5) is 7.00. The number of rotatable bonds is 6. The average Bonchev–Trinajstić information content (AvgIpc) is 2.76. The van der Waals surface area contributed by atoms with Crippen LogP contribution in [0.4, 0.5) is 5.69 Å². The Bertz CT molecular complexity index is 1140. The zero-order valence-corrected chi connectivity index (χ0v) is 18.0. The van der Waals surface area contributed by atoms with Gasteiger partial charge in [0.15, 0.2) is 0 Å². The van der Waals surface area contributed by atoms with Crippen LogP contribution in [0.15, 0.2) is 112 Å². The van der Waals surface area contributed by atoms with Crippen molar-refractivity contribution < 1.29 is 4.74 Å². The standard InChI is InChI=1S/C26H20ClNOS/c1-19-5-13-25(14-6-19)30-26-15-7-20(8-16-26)18-28-22-9-11-23(12-10-22)29-24-4-2-3-21(27)17-24/h2-18H,1H3. The number of halogens is 1. The van der Waals surface area contributed by atoms with E-state index >= 15 is 0 Å². The lowest BCUT2D eigenvalue weighted by atomic mass is 10.2. The Hall–Kier alpha value is -3.01. The van der Waals surface area contributed by atoms with Gasteiger partial charge in [-0.05, 0) is 79.2 Å². The first kappa shape index (κ1) is 20.3. The highest BCUT2D eigenvalue weighted by Gasteiger charge is 2.00. The molecule has 4 aromatic rings. The van der Waals surface area contributed by atoms with Crippen molar-refractivity contribution in [2.75, 3.05) is 0 Å². The Kier molecular flexibility index (Phi) is 6.53. The van der Waals surface area contributed by atoms with E-state index < -0.39 is 0 Å². The van der Waals surface area contributed by atoms with Crippen molar-refractivity contribution in [2.24, 2.45) is 4.99 Å². The number of ether oxygens (including phenoxy) is 1. The van der Waals surface area contributed by atoms with E-state index in [1.54, 1.807) is 17.8 Å². The van der Waals surface area contributed by atoms with E-state index in [9.17, 15) is 0 Å². The maximum Gasteiger partial charge on any atom is 0.128 e. The molecule has 4 aromatic carbocycles. The fourth-order valence-corrected chi connectivity index (χ4v) is 3.78. The SMILES string of the molecule is Cc1ccc(Sc2ccc(C=Nc3ccc(Oc4cccc(Cl)c4)cc3)cc2)cc1. The van der Waals surface area contributed by atoms with E-state index in [2.05, 4.69) is 60.4 Å². The van der Waals surface area contributed by atoms with Crippen molar-refractivity contribution >= 4 is 35.3 Å². The molecular weight excluding hydrogens is 410 g/mol. The molecule has 0 saturated carbocycles. The van der Waals surface area contributed by atoms with Crippen LogP contribution < -0.4 is 4.74 Å². The van der Waals surface area contributed by atoms with Crippen LogP contribution in [0.2, 0.25) is 5.02 Å². The minimum atomic E-state index is 0.650. The van der Waals surface area contributed by atoms with Crippen molar-refractivity contribution in [3.8, 4) is 11.5 Å². The quantitative estimate of drug-likeness (QED) is 0.287. The van der Waals surface area contributed by atoms with Gasteiger partial charge in [-0.25, -0.2) is 0 Å². The Balaban J connectivity index is 1.36. The van der Waals surface area contributed by atoms with Gasteiger partial charge in [-0.2, -0.15) is 0 Å². The molecule has 0 aliphatic heterocycles. The van der Waals surface area contributed by atoms with Crippen molar-refractivity contribution in [1.82, 2.24) is 0 Å². The fraction of sp³-hybridized carbons (Fsp3) is 0.0385. The Morgan fingerprint density at radius 3 is 2.10 bits per heavy atom. The molecule has 4 heteroatoms. The second-order valence-corrected chi connectivity index (χ2v) is 8.38. The van der Waals surface area contributed by atoms with Gasteiger partial charge in [0.05, 0.1) is 5.69 Å². The first-order valence-corrected chi connectivity index (χ1v) is 10.8. The Morgan fingerprint density at radius 1 is 0.767 bits per heavy atom. The summed E-state index contributed by atoms with van der Waals surface area (Å²) in [5.41, 5.74) is 3.20. The fourth-order valence-electron chi connectivity index (χ4n) is 2.78. The first-order chi connectivity index (χ1) is 14.6. The third-order valence-electron chi connectivity index (χ3n) is 4.37. The smallest absolute Gasteiger partial charge is 0.128 e. The van der Waals surface area contributed by atoms with E-state index in [-0.39, 0.29) is 0 Å². The predicted octanol–water partition coefficient (Wildman–Crippen LogP) is 8.34. The second kappa shape index (κ2) is 9.66. The molecule has 0 unspecified atom stereocenters. The zero-order chi connectivity index (χ0) is 20.8. The van der Waals surface area contributed by atoms with Gasteiger partial charge in [-0.1, -0.05) is 59.3 Å². The summed E-state index contributed by atoms with van der Waals surface area (Å²) in [6, 6.07) is 32.0. The lowest BCUT2D eigenvalue weighted by Crippen LogP contribution is -1.83. The summed E-state index contributed by atoms with van der Waals surface area (Å²) in [6.07, 6.45) is 1.87. The molecule has 0 heterocycles. The molecule has 0 spiro atoms. The summed E-state index contributed by atoms with van der Waals surface area (Å²) in [5, 5.41) is 0.650. The molecule has 0 radical (unpaired) electrons.